The average Bonchev–Trinajstić information content (AvgIpc) is 4.19. The number of benzene rings is 8. The minimum Gasteiger partial charge on any atom is -0.379 e. The zero-order valence-electron chi connectivity index (χ0n) is 34.8. The van der Waals surface area contributed by atoms with Crippen molar-refractivity contribution in [2.24, 2.45) is 0 Å². The molecule has 0 aromatic heterocycles. The van der Waals surface area contributed by atoms with Crippen molar-refractivity contribution in [3.05, 3.63) is 276 Å². The first-order valence-corrected chi connectivity index (χ1v) is 23.7. The lowest BCUT2D eigenvalue weighted by Gasteiger charge is -2.65. The predicted molar refractivity (Wildman–Crippen MR) is 255 cm³/mol. The number of unbranched alkanes of at least 4 members (excludes halogenated alkanes) is 1. The normalized spacial score (nSPS) is 14.1. The van der Waals surface area contributed by atoms with Crippen LogP contribution >= 0.6 is 0 Å². The molecule has 1 aliphatic rings. The van der Waals surface area contributed by atoms with Crippen molar-refractivity contribution in [3.8, 4) is 0 Å². The molecule has 3 heteroatoms. The second-order valence-corrected chi connectivity index (χ2v) is 19.5. The molecular weight excluding hydrogens is 757 g/mol. The molecule has 1 atom stereocenters. The summed E-state index contributed by atoms with van der Waals surface area (Å²) >= 11 is 0. The van der Waals surface area contributed by atoms with E-state index < -0.39 is 24.7 Å². The van der Waals surface area contributed by atoms with Crippen LogP contribution in [0.15, 0.2) is 243 Å². The summed E-state index contributed by atoms with van der Waals surface area (Å²) in [4.78, 5) is 0. The number of rotatable bonds is 18. The van der Waals surface area contributed by atoms with E-state index in [1.54, 1.807) is 0 Å². The van der Waals surface area contributed by atoms with Crippen LogP contribution < -0.4 is 10.4 Å². The van der Waals surface area contributed by atoms with E-state index in [4.69, 9.17) is 9.47 Å². The highest BCUT2D eigenvalue weighted by atomic mass is 28.3. The molecule has 8 aromatic carbocycles. The summed E-state index contributed by atoms with van der Waals surface area (Å²) in [5.74, 6) is 0. The fourth-order valence-corrected chi connectivity index (χ4v) is 15.5. The van der Waals surface area contributed by atoms with Gasteiger partial charge in [-0.2, -0.15) is 0 Å². The zero-order valence-corrected chi connectivity index (χ0v) is 36.0. The van der Waals surface area contributed by atoms with Gasteiger partial charge in [-0.25, -0.2) is 0 Å². The highest BCUT2D eigenvalue weighted by molar-refractivity contribution is 6.88. The van der Waals surface area contributed by atoms with Gasteiger partial charge in [0.1, 0.15) is 14.9 Å². The monoisotopic (exact) mass is 810 g/mol. The van der Waals surface area contributed by atoms with Crippen LogP contribution in [0.3, 0.4) is 0 Å². The SMILES string of the molecule is c1ccc([SiH](c2ccccc2)C(c2ccccc2)(c2ccccc2)C(c2ccccc2)(c2ccccc2)C(CCCCOCC2CO2)(c2ccccc2)c2ccccc2)cc1. The average molecular weight is 811 g/mol. The lowest BCUT2D eigenvalue weighted by molar-refractivity contribution is 0.110. The minimum atomic E-state index is -2.56. The van der Waals surface area contributed by atoms with E-state index in [0.29, 0.717) is 13.2 Å². The van der Waals surface area contributed by atoms with Crippen molar-refractivity contribution < 1.29 is 9.47 Å². The molecule has 302 valence electrons. The van der Waals surface area contributed by atoms with Gasteiger partial charge < -0.3 is 9.47 Å². The third-order valence-corrected chi connectivity index (χ3v) is 17.2. The minimum absolute atomic E-state index is 0.242. The van der Waals surface area contributed by atoms with E-state index in [1.165, 1.54) is 43.8 Å². The van der Waals surface area contributed by atoms with Crippen molar-refractivity contribution in [3.63, 3.8) is 0 Å². The summed E-state index contributed by atoms with van der Waals surface area (Å²) < 4.78 is 11.8. The molecule has 0 bridgehead atoms. The summed E-state index contributed by atoms with van der Waals surface area (Å²) in [6.45, 7) is 2.15. The van der Waals surface area contributed by atoms with E-state index in [-0.39, 0.29) is 6.10 Å². The molecule has 9 rings (SSSR count). The maximum absolute atomic E-state index is 6.28. The van der Waals surface area contributed by atoms with Crippen molar-refractivity contribution >= 4 is 19.2 Å². The van der Waals surface area contributed by atoms with Crippen LogP contribution in [-0.4, -0.2) is 34.7 Å². The lowest BCUT2D eigenvalue weighted by atomic mass is 9.43. The highest BCUT2D eigenvalue weighted by Gasteiger charge is 2.69. The molecule has 0 radical (unpaired) electrons. The molecule has 2 nitrogen and oxygen atoms in total. The predicted octanol–water partition coefficient (Wildman–Crippen LogP) is 11.1. The van der Waals surface area contributed by atoms with E-state index in [0.717, 1.165) is 25.9 Å². The zero-order chi connectivity index (χ0) is 41.2. The maximum atomic E-state index is 6.28. The van der Waals surface area contributed by atoms with Crippen LogP contribution in [-0.2, 0) is 25.3 Å². The fraction of sp³-hybridized carbons (Fsp3) is 0.172. The second kappa shape index (κ2) is 18.7. The van der Waals surface area contributed by atoms with Gasteiger partial charge in [0.15, 0.2) is 0 Å². The van der Waals surface area contributed by atoms with Crippen molar-refractivity contribution in [1.82, 2.24) is 0 Å². The van der Waals surface area contributed by atoms with Crippen LogP contribution in [0, 0.1) is 0 Å². The van der Waals surface area contributed by atoms with Crippen LogP contribution in [0.25, 0.3) is 0 Å². The number of hydrogen-bond donors (Lipinski definition) is 0. The van der Waals surface area contributed by atoms with E-state index >= 15 is 0 Å². The van der Waals surface area contributed by atoms with Crippen LogP contribution in [0.5, 0.6) is 0 Å². The topological polar surface area (TPSA) is 21.8 Å². The lowest BCUT2D eigenvalue weighted by Crippen LogP contribution is -2.73. The third-order valence-electron chi connectivity index (χ3n) is 13.1. The molecule has 1 saturated heterocycles. The Bertz CT molecular complexity index is 2360. The largest absolute Gasteiger partial charge is 0.379 e. The highest BCUT2D eigenvalue weighted by Crippen LogP contribution is 2.66. The molecule has 1 unspecified atom stereocenters. The van der Waals surface area contributed by atoms with Gasteiger partial charge >= 0.3 is 0 Å². The molecule has 0 N–H and O–H groups in total. The number of epoxide rings is 1. The van der Waals surface area contributed by atoms with Gasteiger partial charge in [0, 0.05) is 22.5 Å². The molecule has 1 fully saturated rings. The van der Waals surface area contributed by atoms with Crippen molar-refractivity contribution in [2.75, 3.05) is 19.8 Å². The molecule has 0 spiro atoms. The molecule has 8 aromatic rings. The molecule has 0 aliphatic carbocycles. The van der Waals surface area contributed by atoms with Gasteiger partial charge in [-0.15, -0.1) is 0 Å². The van der Waals surface area contributed by atoms with Gasteiger partial charge in [-0.05, 0) is 52.6 Å². The quantitative estimate of drug-likeness (QED) is 0.0489. The molecule has 1 heterocycles. The Kier molecular flexibility index (Phi) is 12.3. The van der Waals surface area contributed by atoms with Gasteiger partial charge in [0.25, 0.3) is 0 Å². The molecule has 1 aliphatic heterocycles. The van der Waals surface area contributed by atoms with Gasteiger partial charge in [0.05, 0.1) is 13.2 Å². The van der Waals surface area contributed by atoms with Crippen molar-refractivity contribution in [1.29, 1.82) is 0 Å². The Morgan fingerprint density at radius 2 is 0.738 bits per heavy atom. The van der Waals surface area contributed by atoms with Crippen LogP contribution in [0.1, 0.15) is 52.6 Å². The smallest absolute Gasteiger partial charge is 0.119 e. The Morgan fingerprint density at radius 3 is 1.10 bits per heavy atom. The molecular formula is C58H54O2Si. The molecule has 0 saturated carbocycles. The second-order valence-electron chi connectivity index (χ2n) is 16.4. The summed E-state index contributed by atoms with van der Waals surface area (Å²) in [5, 5.41) is 2.10. The van der Waals surface area contributed by atoms with E-state index in [9.17, 15) is 0 Å². The first-order chi connectivity index (χ1) is 30.3. The fourth-order valence-electron chi connectivity index (χ4n) is 10.9. The van der Waals surface area contributed by atoms with Crippen LogP contribution in [0.4, 0.5) is 0 Å². The van der Waals surface area contributed by atoms with Gasteiger partial charge in [-0.3, -0.25) is 0 Å². The Labute approximate surface area is 364 Å². The number of hydrogen-bond acceptors (Lipinski definition) is 2. The first kappa shape index (κ1) is 40.3. The standard InChI is InChI=1S/C58H54O2Si/c1-9-27-47(28-10-1)56(48-29-11-2-12-30-48,43-25-26-44-59-45-53-46-60-53)57(49-31-13-3-14-32-49,50-33-15-4-16-34-50)58(51-35-17-5-18-36-51,52-37-19-6-20-38-52)61(54-39-21-7-22-40-54)55-41-23-8-24-42-55/h1-24,27-42,53,61H,25-26,43-46H2. The number of ether oxygens (including phenoxy) is 2. The maximum Gasteiger partial charge on any atom is 0.119 e. The Morgan fingerprint density at radius 1 is 0.410 bits per heavy atom. The summed E-state index contributed by atoms with van der Waals surface area (Å²) in [7, 11) is -2.56. The Balaban J connectivity index is 1.54. The summed E-state index contributed by atoms with van der Waals surface area (Å²) in [6.07, 6.45) is 2.97. The van der Waals surface area contributed by atoms with E-state index in [1.807, 2.05) is 0 Å². The van der Waals surface area contributed by atoms with E-state index in [2.05, 4.69) is 243 Å². The van der Waals surface area contributed by atoms with Gasteiger partial charge in [-0.1, -0.05) is 253 Å². The third kappa shape index (κ3) is 7.52. The Hall–Kier alpha value is -6.10. The molecule has 0 amide bonds. The van der Waals surface area contributed by atoms with Crippen molar-refractivity contribution in [2.45, 2.75) is 41.2 Å². The van der Waals surface area contributed by atoms with Crippen LogP contribution in [0.2, 0.25) is 0 Å². The first-order valence-electron chi connectivity index (χ1n) is 21.9. The summed E-state index contributed by atoms with van der Waals surface area (Å²) in [5.41, 5.74) is 6.33. The van der Waals surface area contributed by atoms with Gasteiger partial charge in [0.2, 0.25) is 0 Å². The molecule has 61 heavy (non-hydrogen) atoms. The summed E-state index contributed by atoms with van der Waals surface area (Å²) in [6, 6.07) is 92.4.